The maximum atomic E-state index is 12.7. The summed E-state index contributed by atoms with van der Waals surface area (Å²) in [4.78, 5) is 2.02. The molecule has 0 bridgehead atoms. The van der Waals surface area contributed by atoms with E-state index in [1.165, 1.54) is 0 Å². The second kappa shape index (κ2) is 5.77. The summed E-state index contributed by atoms with van der Waals surface area (Å²) < 4.78 is 38.0. The van der Waals surface area contributed by atoms with Gasteiger partial charge in [0.15, 0.2) is 0 Å². The van der Waals surface area contributed by atoms with Crippen LogP contribution in [0.5, 0.6) is 0 Å². The molecule has 0 spiro atoms. The van der Waals surface area contributed by atoms with Crippen LogP contribution >= 0.6 is 23.8 Å². The van der Waals surface area contributed by atoms with Crippen LogP contribution in [0.2, 0.25) is 5.02 Å². The van der Waals surface area contributed by atoms with Crippen molar-refractivity contribution in [2.24, 2.45) is 11.7 Å². The Bertz CT molecular complexity index is 511. The molecule has 110 valence electrons. The van der Waals surface area contributed by atoms with Crippen molar-refractivity contribution in [1.29, 1.82) is 0 Å². The summed E-state index contributed by atoms with van der Waals surface area (Å²) in [6, 6.07) is 5.20. The molecule has 1 aromatic rings. The molecule has 20 heavy (non-hydrogen) atoms. The van der Waals surface area contributed by atoms with E-state index in [9.17, 15) is 13.2 Å². The van der Waals surface area contributed by atoms with Crippen LogP contribution in [-0.2, 0) is 0 Å². The highest BCUT2D eigenvalue weighted by molar-refractivity contribution is 7.80. The molecular formula is C13H14ClF3N2S. The second-order valence-electron chi connectivity index (χ2n) is 4.80. The molecular weight excluding hydrogens is 309 g/mol. The molecule has 0 radical (unpaired) electrons. The number of alkyl halides is 3. The van der Waals surface area contributed by atoms with Crippen LogP contribution in [0.1, 0.15) is 18.4 Å². The van der Waals surface area contributed by atoms with Gasteiger partial charge in [-0.2, -0.15) is 13.2 Å². The summed E-state index contributed by atoms with van der Waals surface area (Å²) in [5.74, 6) is -1.23. The van der Waals surface area contributed by atoms with E-state index in [4.69, 9.17) is 29.6 Å². The third-order valence-electron chi connectivity index (χ3n) is 3.54. The maximum Gasteiger partial charge on any atom is 0.391 e. The number of nitrogens with two attached hydrogens (primary N) is 1. The van der Waals surface area contributed by atoms with Gasteiger partial charge in [-0.15, -0.1) is 0 Å². The molecule has 2 nitrogen and oxygen atoms in total. The quantitative estimate of drug-likeness (QED) is 0.841. The molecule has 1 heterocycles. The van der Waals surface area contributed by atoms with Gasteiger partial charge in [0.2, 0.25) is 0 Å². The summed E-state index contributed by atoms with van der Waals surface area (Å²) >= 11 is 11.0. The number of benzene rings is 1. The van der Waals surface area contributed by atoms with Gasteiger partial charge in [-0.1, -0.05) is 29.9 Å². The smallest absolute Gasteiger partial charge is 0.389 e. The van der Waals surface area contributed by atoms with Crippen LogP contribution < -0.4 is 10.6 Å². The zero-order valence-corrected chi connectivity index (χ0v) is 12.2. The minimum absolute atomic E-state index is 0.0762. The fourth-order valence-electron chi connectivity index (χ4n) is 2.47. The summed E-state index contributed by atoms with van der Waals surface area (Å²) in [6.07, 6.45) is -3.97. The summed E-state index contributed by atoms with van der Waals surface area (Å²) in [5.41, 5.74) is 6.91. The van der Waals surface area contributed by atoms with Gasteiger partial charge in [-0.05, 0) is 25.0 Å². The molecule has 0 atom stereocenters. The van der Waals surface area contributed by atoms with E-state index >= 15 is 0 Å². The van der Waals surface area contributed by atoms with Crippen LogP contribution in [0.25, 0.3) is 0 Å². The third kappa shape index (κ3) is 3.17. The highest BCUT2D eigenvalue weighted by Crippen LogP contribution is 2.37. The van der Waals surface area contributed by atoms with Gasteiger partial charge in [-0.3, -0.25) is 0 Å². The molecule has 0 aliphatic carbocycles. The van der Waals surface area contributed by atoms with Gasteiger partial charge in [0.25, 0.3) is 0 Å². The minimum Gasteiger partial charge on any atom is -0.389 e. The lowest BCUT2D eigenvalue weighted by atomic mass is 9.95. The number of halogens is 4. The Kier molecular flexibility index (Phi) is 4.44. The van der Waals surface area contributed by atoms with E-state index in [2.05, 4.69) is 0 Å². The van der Waals surface area contributed by atoms with E-state index < -0.39 is 12.1 Å². The van der Waals surface area contributed by atoms with E-state index in [1.54, 1.807) is 18.2 Å². The van der Waals surface area contributed by atoms with Crippen LogP contribution in [-0.4, -0.2) is 24.3 Å². The van der Waals surface area contributed by atoms with E-state index in [0.29, 0.717) is 29.4 Å². The van der Waals surface area contributed by atoms with Crippen molar-refractivity contribution in [2.45, 2.75) is 19.0 Å². The molecule has 0 aromatic heterocycles. The van der Waals surface area contributed by atoms with Crippen molar-refractivity contribution >= 4 is 34.5 Å². The molecule has 0 unspecified atom stereocenters. The lowest BCUT2D eigenvalue weighted by molar-refractivity contribution is -0.179. The minimum atomic E-state index is -4.12. The van der Waals surface area contributed by atoms with Crippen molar-refractivity contribution in [3.8, 4) is 0 Å². The Balaban J connectivity index is 2.19. The average Bonchev–Trinajstić information content (AvgIpc) is 2.37. The topological polar surface area (TPSA) is 29.3 Å². The maximum absolute atomic E-state index is 12.7. The van der Waals surface area contributed by atoms with Crippen molar-refractivity contribution in [3.63, 3.8) is 0 Å². The van der Waals surface area contributed by atoms with Crippen molar-refractivity contribution < 1.29 is 13.2 Å². The molecule has 1 saturated heterocycles. The van der Waals surface area contributed by atoms with Gasteiger partial charge in [0, 0.05) is 18.8 Å². The van der Waals surface area contributed by atoms with Crippen molar-refractivity contribution in [2.75, 3.05) is 18.0 Å². The molecule has 0 amide bonds. The molecule has 7 heteroatoms. The third-order valence-corrected chi connectivity index (χ3v) is 4.06. The largest absolute Gasteiger partial charge is 0.391 e. The first-order chi connectivity index (χ1) is 9.30. The first kappa shape index (κ1) is 15.4. The van der Waals surface area contributed by atoms with Crippen molar-refractivity contribution in [3.05, 3.63) is 28.8 Å². The number of rotatable bonds is 2. The molecule has 2 N–H and O–H groups in total. The standard InChI is InChI=1S/C13H14ClF3N2S/c14-9-2-1-3-10(11(9)12(18)20)19-6-4-8(5-7-19)13(15,16)17/h1-3,8H,4-7H2,(H2,18,20). The van der Waals surface area contributed by atoms with Gasteiger partial charge < -0.3 is 10.6 Å². The highest BCUT2D eigenvalue weighted by atomic mass is 35.5. The molecule has 1 aromatic carbocycles. The SMILES string of the molecule is NC(=S)c1c(Cl)cccc1N1CCC(C(F)(F)F)CC1. The number of anilines is 1. The monoisotopic (exact) mass is 322 g/mol. The van der Waals surface area contributed by atoms with Crippen molar-refractivity contribution in [1.82, 2.24) is 0 Å². The number of piperidine rings is 1. The zero-order chi connectivity index (χ0) is 14.9. The van der Waals surface area contributed by atoms with Crippen LogP contribution in [0.3, 0.4) is 0 Å². The average molecular weight is 323 g/mol. The Morgan fingerprint density at radius 3 is 2.40 bits per heavy atom. The van der Waals surface area contributed by atoms with Gasteiger partial charge in [-0.25, -0.2) is 0 Å². The summed E-state index contributed by atoms with van der Waals surface area (Å²) in [6.45, 7) is 0.639. The predicted octanol–water partition coefficient (Wildman–Crippen LogP) is 3.75. The van der Waals surface area contributed by atoms with Crippen LogP contribution in [0.4, 0.5) is 18.9 Å². The number of thiocarbonyl (C=S) groups is 1. The molecule has 0 saturated carbocycles. The first-order valence-corrected chi connectivity index (χ1v) is 6.99. The van der Waals surface area contributed by atoms with Gasteiger partial charge in [0.1, 0.15) is 4.99 Å². The normalized spacial score (nSPS) is 17.3. The summed E-state index contributed by atoms with van der Waals surface area (Å²) in [5, 5.41) is 0.424. The van der Waals surface area contributed by atoms with Crippen LogP contribution in [0, 0.1) is 5.92 Å². The van der Waals surface area contributed by atoms with E-state index in [1.807, 2.05) is 4.90 Å². The van der Waals surface area contributed by atoms with Gasteiger partial charge >= 0.3 is 6.18 Å². The Labute approximate surface area is 125 Å². The molecule has 1 aliphatic heterocycles. The fourth-order valence-corrected chi connectivity index (χ4v) is 3.01. The number of nitrogens with zero attached hydrogens (tertiary/aromatic N) is 1. The molecule has 1 fully saturated rings. The predicted molar refractivity (Wildman–Crippen MR) is 78.3 cm³/mol. The highest BCUT2D eigenvalue weighted by Gasteiger charge is 2.41. The zero-order valence-electron chi connectivity index (χ0n) is 10.6. The molecule has 1 aliphatic rings. The number of hydrogen-bond donors (Lipinski definition) is 1. The van der Waals surface area contributed by atoms with E-state index in [0.717, 1.165) is 0 Å². The van der Waals surface area contributed by atoms with E-state index in [-0.39, 0.29) is 17.8 Å². The fraction of sp³-hybridized carbons (Fsp3) is 0.462. The second-order valence-corrected chi connectivity index (χ2v) is 5.65. The lowest BCUT2D eigenvalue weighted by Gasteiger charge is -2.35. The lowest BCUT2D eigenvalue weighted by Crippen LogP contribution is -2.39. The Morgan fingerprint density at radius 2 is 1.90 bits per heavy atom. The number of hydrogen-bond acceptors (Lipinski definition) is 2. The molecule has 2 rings (SSSR count). The Morgan fingerprint density at radius 1 is 1.30 bits per heavy atom. The summed E-state index contributed by atoms with van der Waals surface area (Å²) in [7, 11) is 0. The van der Waals surface area contributed by atoms with Gasteiger partial charge in [0.05, 0.1) is 16.5 Å². The first-order valence-electron chi connectivity index (χ1n) is 6.20. The van der Waals surface area contributed by atoms with Crippen LogP contribution in [0.15, 0.2) is 18.2 Å². The Hall–Kier alpha value is -1.01.